The zero-order valence-corrected chi connectivity index (χ0v) is 21.5. The topological polar surface area (TPSA) is 62.2 Å². The molecule has 42 heavy (non-hydrogen) atoms. The Kier molecular flexibility index (Phi) is 8.40. The molecule has 220 valence electrons. The molecule has 4 nitrogen and oxygen atoms in total. The van der Waals surface area contributed by atoms with Crippen LogP contribution in [0.5, 0.6) is 0 Å². The van der Waals surface area contributed by atoms with Crippen molar-refractivity contribution in [1.82, 2.24) is 10.3 Å². The molecule has 0 saturated carbocycles. The van der Waals surface area contributed by atoms with Crippen LogP contribution >= 0.6 is 0 Å². The standard InChI is InChI=1S/C30H22F8N2O2/c31-23-11-12-25(39-17-23)27(16-19-7-3-1-4-8-19,21-13-22(29(33,34)35)15-24(32)14-21)18-40-26(41)28(42,30(36,37)38)20-9-5-2-6-10-20/h1-15,17,42H,16,18H2,(H,40,41)/t27-,28?/m0/s1. The second-order valence-electron chi connectivity index (χ2n) is 9.59. The van der Waals surface area contributed by atoms with E-state index in [-0.39, 0.29) is 18.2 Å². The number of alkyl halides is 6. The predicted octanol–water partition coefficient (Wildman–Crippen LogP) is 6.47. The number of halogens is 8. The van der Waals surface area contributed by atoms with E-state index in [0.29, 0.717) is 11.6 Å². The van der Waals surface area contributed by atoms with Crippen LogP contribution in [0.1, 0.15) is 27.9 Å². The first-order valence-corrected chi connectivity index (χ1v) is 12.3. The van der Waals surface area contributed by atoms with Crippen molar-refractivity contribution < 1.29 is 45.0 Å². The van der Waals surface area contributed by atoms with Gasteiger partial charge in [-0.25, -0.2) is 8.78 Å². The second-order valence-corrected chi connectivity index (χ2v) is 9.59. The summed E-state index contributed by atoms with van der Waals surface area (Å²) in [5.74, 6) is -4.09. The Morgan fingerprint density at radius 2 is 1.33 bits per heavy atom. The van der Waals surface area contributed by atoms with Gasteiger partial charge in [-0.3, -0.25) is 9.78 Å². The van der Waals surface area contributed by atoms with Gasteiger partial charge in [0.2, 0.25) is 0 Å². The van der Waals surface area contributed by atoms with Crippen LogP contribution in [0.4, 0.5) is 35.1 Å². The van der Waals surface area contributed by atoms with Crippen LogP contribution in [-0.4, -0.2) is 28.7 Å². The highest BCUT2D eigenvalue weighted by Crippen LogP contribution is 2.41. The fourth-order valence-corrected chi connectivity index (χ4v) is 4.69. The molecule has 12 heteroatoms. The van der Waals surface area contributed by atoms with Gasteiger partial charge in [-0.05, 0) is 47.9 Å². The van der Waals surface area contributed by atoms with E-state index in [4.69, 9.17) is 0 Å². The maximum atomic E-state index is 14.7. The molecule has 0 radical (unpaired) electrons. The summed E-state index contributed by atoms with van der Waals surface area (Å²) in [7, 11) is 0. The van der Waals surface area contributed by atoms with Crippen molar-refractivity contribution >= 4 is 5.91 Å². The second kappa shape index (κ2) is 11.5. The number of carbonyl (C=O) groups excluding carboxylic acids is 1. The van der Waals surface area contributed by atoms with Crippen LogP contribution in [0.2, 0.25) is 0 Å². The maximum Gasteiger partial charge on any atom is 0.430 e. The van der Waals surface area contributed by atoms with E-state index in [1.807, 2.05) is 5.32 Å². The van der Waals surface area contributed by atoms with Crippen molar-refractivity contribution in [3.05, 3.63) is 137 Å². The lowest BCUT2D eigenvalue weighted by Crippen LogP contribution is -2.57. The molecule has 0 saturated heterocycles. The molecule has 1 heterocycles. The summed E-state index contributed by atoms with van der Waals surface area (Å²) in [5.41, 5.74) is -8.41. The first-order chi connectivity index (χ1) is 19.7. The van der Waals surface area contributed by atoms with Gasteiger partial charge < -0.3 is 10.4 Å². The molecule has 0 fully saturated rings. The molecule has 1 unspecified atom stereocenters. The molecular weight excluding hydrogens is 572 g/mol. The Morgan fingerprint density at radius 3 is 1.88 bits per heavy atom. The first kappa shape index (κ1) is 30.6. The number of pyridine rings is 1. The third-order valence-electron chi connectivity index (χ3n) is 6.83. The molecule has 0 aliphatic carbocycles. The van der Waals surface area contributed by atoms with Crippen molar-refractivity contribution in [2.24, 2.45) is 0 Å². The van der Waals surface area contributed by atoms with Crippen LogP contribution in [0.3, 0.4) is 0 Å². The minimum absolute atomic E-state index is 0.179. The van der Waals surface area contributed by atoms with Crippen molar-refractivity contribution in [2.75, 3.05) is 6.54 Å². The van der Waals surface area contributed by atoms with E-state index in [1.54, 1.807) is 30.3 Å². The summed E-state index contributed by atoms with van der Waals surface area (Å²) in [6.45, 7) is -0.897. The zero-order valence-electron chi connectivity index (χ0n) is 21.5. The Hall–Kier alpha value is -4.32. The average Bonchev–Trinajstić information content (AvgIpc) is 2.94. The number of hydrogen-bond acceptors (Lipinski definition) is 3. The van der Waals surface area contributed by atoms with Crippen molar-refractivity contribution in [3.63, 3.8) is 0 Å². The Morgan fingerprint density at radius 1 is 0.738 bits per heavy atom. The third kappa shape index (κ3) is 6.13. The minimum atomic E-state index is -5.52. The number of nitrogens with zero attached hydrogens (tertiary/aromatic N) is 1. The van der Waals surface area contributed by atoms with Gasteiger partial charge in [0.1, 0.15) is 11.6 Å². The number of benzene rings is 3. The number of aliphatic hydroxyl groups is 1. The average molecular weight is 595 g/mol. The van der Waals surface area contributed by atoms with Gasteiger partial charge in [0.05, 0.1) is 22.9 Å². The predicted molar refractivity (Wildman–Crippen MR) is 136 cm³/mol. The van der Waals surface area contributed by atoms with Crippen LogP contribution < -0.4 is 5.32 Å². The Bertz CT molecular complexity index is 1530. The van der Waals surface area contributed by atoms with Gasteiger partial charge in [-0.15, -0.1) is 0 Å². The highest BCUT2D eigenvalue weighted by atomic mass is 19.4. The highest BCUT2D eigenvalue weighted by Gasteiger charge is 2.61. The molecule has 0 aliphatic rings. The van der Waals surface area contributed by atoms with Crippen molar-refractivity contribution in [2.45, 2.75) is 29.8 Å². The molecule has 2 N–H and O–H groups in total. The molecule has 0 aliphatic heterocycles. The Balaban J connectivity index is 1.92. The van der Waals surface area contributed by atoms with E-state index >= 15 is 0 Å². The summed E-state index contributed by atoms with van der Waals surface area (Å²) < 4.78 is 112. The van der Waals surface area contributed by atoms with Gasteiger partial charge in [-0.2, -0.15) is 26.3 Å². The van der Waals surface area contributed by atoms with E-state index in [1.165, 1.54) is 18.2 Å². The molecule has 2 atom stereocenters. The first-order valence-electron chi connectivity index (χ1n) is 12.3. The molecule has 0 bridgehead atoms. The van der Waals surface area contributed by atoms with E-state index in [2.05, 4.69) is 4.98 Å². The highest BCUT2D eigenvalue weighted by molar-refractivity contribution is 5.87. The van der Waals surface area contributed by atoms with Gasteiger partial charge in [0, 0.05) is 12.1 Å². The SMILES string of the molecule is O=C(NC[C@@](Cc1ccccc1)(c1cc(F)cc(C(F)(F)F)c1)c1ccc(F)cn1)C(O)(c1ccccc1)C(F)(F)F. The number of aromatic nitrogens is 1. The normalized spacial score (nSPS) is 15.0. The van der Waals surface area contributed by atoms with Crippen molar-refractivity contribution in [1.29, 1.82) is 0 Å². The molecule has 4 aromatic rings. The molecule has 3 aromatic carbocycles. The van der Waals surface area contributed by atoms with Crippen LogP contribution in [0.15, 0.2) is 97.2 Å². The number of hydrogen-bond donors (Lipinski definition) is 2. The smallest absolute Gasteiger partial charge is 0.369 e. The summed E-state index contributed by atoms with van der Waals surface area (Å²) in [6, 6.07) is 17.0. The summed E-state index contributed by atoms with van der Waals surface area (Å²) in [6.07, 6.45) is -10.1. The summed E-state index contributed by atoms with van der Waals surface area (Å²) in [4.78, 5) is 17.2. The fourth-order valence-electron chi connectivity index (χ4n) is 4.69. The third-order valence-corrected chi connectivity index (χ3v) is 6.83. The zero-order chi connectivity index (χ0) is 30.8. The number of rotatable bonds is 8. The van der Waals surface area contributed by atoms with Crippen LogP contribution in [0, 0.1) is 11.6 Å². The fraction of sp³-hybridized carbons (Fsp3) is 0.200. The van der Waals surface area contributed by atoms with Crippen LogP contribution in [-0.2, 0) is 28.4 Å². The molecular formula is C30H22F8N2O2. The van der Waals surface area contributed by atoms with E-state index < -0.39 is 64.1 Å². The van der Waals surface area contributed by atoms with Crippen LogP contribution in [0.25, 0.3) is 0 Å². The van der Waals surface area contributed by atoms with Gasteiger partial charge in [0.25, 0.3) is 11.5 Å². The maximum absolute atomic E-state index is 14.7. The summed E-state index contributed by atoms with van der Waals surface area (Å²) in [5, 5.41) is 12.8. The lowest BCUT2D eigenvalue weighted by Gasteiger charge is -2.37. The largest absolute Gasteiger partial charge is 0.430 e. The number of nitrogens with one attached hydrogen (secondary N) is 1. The molecule has 4 rings (SSSR count). The van der Waals surface area contributed by atoms with Gasteiger partial charge in [0.15, 0.2) is 0 Å². The van der Waals surface area contributed by atoms with E-state index in [0.717, 1.165) is 36.5 Å². The minimum Gasteiger partial charge on any atom is -0.369 e. The van der Waals surface area contributed by atoms with E-state index in [9.17, 15) is 45.0 Å². The lowest BCUT2D eigenvalue weighted by molar-refractivity contribution is -0.257. The van der Waals surface area contributed by atoms with Crippen molar-refractivity contribution in [3.8, 4) is 0 Å². The number of amides is 1. The molecule has 0 spiro atoms. The van der Waals surface area contributed by atoms with Gasteiger partial charge in [-0.1, -0.05) is 60.7 Å². The summed E-state index contributed by atoms with van der Waals surface area (Å²) >= 11 is 0. The van der Waals surface area contributed by atoms with Gasteiger partial charge >= 0.3 is 12.4 Å². The lowest BCUT2D eigenvalue weighted by atomic mass is 9.72. The quantitative estimate of drug-likeness (QED) is 0.230. The Labute approximate surface area is 234 Å². The monoisotopic (exact) mass is 594 g/mol. The molecule has 1 aromatic heterocycles. The molecule has 1 amide bonds. The number of carbonyl (C=O) groups is 1.